The Morgan fingerprint density at radius 3 is 2.27 bits per heavy atom. The van der Waals surface area contributed by atoms with E-state index in [9.17, 15) is 15.2 Å². The van der Waals surface area contributed by atoms with Gasteiger partial charge in [0.1, 0.15) is 0 Å². The summed E-state index contributed by atoms with van der Waals surface area (Å²) in [6.45, 7) is 1.58. The van der Waals surface area contributed by atoms with Crippen LogP contribution in [0.5, 0.6) is 0 Å². The Hall–Kier alpha value is -1.46. The molecule has 2 N–H and O–H groups in total. The molecule has 5 nitrogen and oxygen atoms in total. The van der Waals surface area contributed by atoms with Crippen LogP contribution in [0.3, 0.4) is 0 Å². The molecule has 0 aromatic heterocycles. The van der Waals surface area contributed by atoms with Crippen LogP contribution in [0, 0.1) is 10.1 Å². The number of nitro groups is 1. The summed E-state index contributed by atoms with van der Waals surface area (Å²) in [6, 6.07) is 5.65. The van der Waals surface area contributed by atoms with Crippen LogP contribution in [0.1, 0.15) is 25.0 Å². The lowest BCUT2D eigenvalue weighted by atomic mass is 10.0. The Bertz CT molecular complexity index is 334. The maximum absolute atomic E-state index is 10.4. The summed E-state index contributed by atoms with van der Waals surface area (Å²) in [5.74, 6) is 0. The SMILES string of the molecule is C[C@H](O)C[C@H](O)c1ccc([N+](=O)[O-])cc1. The van der Waals surface area contributed by atoms with Gasteiger partial charge in [0.2, 0.25) is 0 Å². The second-order valence-corrected chi connectivity index (χ2v) is 3.45. The fourth-order valence-corrected chi connectivity index (χ4v) is 1.28. The minimum Gasteiger partial charge on any atom is -0.393 e. The molecule has 0 spiro atoms. The van der Waals surface area contributed by atoms with Gasteiger partial charge in [0.25, 0.3) is 5.69 Å². The van der Waals surface area contributed by atoms with E-state index in [0.717, 1.165) is 0 Å². The van der Waals surface area contributed by atoms with Crippen molar-refractivity contribution in [2.24, 2.45) is 0 Å². The Kier molecular flexibility index (Phi) is 3.76. The Balaban J connectivity index is 2.75. The molecule has 0 bridgehead atoms. The minimum atomic E-state index is -0.786. The fraction of sp³-hybridized carbons (Fsp3) is 0.400. The van der Waals surface area contributed by atoms with Crippen molar-refractivity contribution in [3.63, 3.8) is 0 Å². The van der Waals surface area contributed by atoms with Crippen molar-refractivity contribution in [2.45, 2.75) is 25.6 Å². The maximum atomic E-state index is 10.4. The standard InChI is InChI=1S/C10H13NO4/c1-7(12)6-10(13)8-2-4-9(5-3-8)11(14)15/h2-5,7,10,12-13H,6H2,1H3/t7-,10-/m0/s1. The fourth-order valence-electron chi connectivity index (χ4n) is 1.28. The van der Waals surface area contributed by atoms with E-state index >= 15 is 0 Å². The third-order valence-electron chi connectivity index (χ3n) is 2.05. The smallest absolute Gasteiger partial charge is 0.269 e. The predicted molar refractivity (Wildman–Crippen MR) is 54.4 cm³/mol. The van der Waals surface area contributed by atoms with Crippen molar-refractivity contribution in [1.29, 1.82) is 0 Å². The first kappa shape index (κ1) is 11.6. The Morgan fingerprint density at radius 2 is 1.87 bits per heavy atom. The molecule has 1 aromatic rings. The molecule has 15 heavy (non-hydrogen) atoms. The molecule has 1 rings (SSSR count). The number of benzene rings is 1. The summed E-state index contributed by atoms with van der Waals surface area (Å²) in [4.78, 5) is 9.87. The average molecular weight is 211 g/mol. The van der Waals surface area contributed by atoms with Gasteiger partial charge in [-0.1, -0.05) is 0 Å². The number of non-ortho nitro benzene ring substituents is 1. The van der Waals surface area contributed by atoms with Gasteiger partial charge < -0.3 is 10.2 Å². The topological polar surface area (TPSA) is 83.6 Å². The van der Waals surface area contributed by atoms with Crippen LogP contribution in [0.15, 0.2) is 24.3 Å². The van der Waals surface area contributed by atoms with Gasteiger partial charge in [-0.25, -0.2) is 0 Å². The van der Waals surface area contributed by atoms with Gasteiger partial charge in [-0.2, -0.15) is 0 Å². The Labute approximate surface area is 87.1 Å². The van der Waals surface area contributed by atoms with E-state index in [4.69, 9.17) is 5.11 Å². The summed E-state index contributed by atoms with van der Waals surface area (Å²) in [7, 11) is 0. The molecule has 1 aromatic carbocycles. The molecule has 5 heteroatoms. The van der Waals surface area contributed by atoms with E-state index in [0.29, 0.717) is 5.56 Å². The monoisotopic (exact) mass is 211 g/mol. The lowest BCUT2D eigenvalue weighted by Crippen LogP contribution is -2.07. The molecule has 0 fully saturated rings. The zero-order valence-corrected chi connectivity index (χ0v) is 8.33. The number of nitrogens with zero attached hydrogens (tertiary/aromatic N) is 1. The Morgan fingerprint density at radius 1 is 1.33 bits per heavy atom. The first-order valence-electron chi connectivity index (χ1n) is 4.61. The quantitative estimate of drug-likeness (QED) is 0.582. The summed E-state index contributed by atoms with van der Waals surface area (Å²) < 4.78 is 0. The molecule has 0 radical (unpaired) electrons. The van der Waals surface area contributed by atoms with Crippen molar-refractivity contribution in [1.82, 2.24) is 0 Å². The van der Waals surface area contributed by atoms with Crippen LogP contribution in [-0.2, 0) is 0 Å². The third kappa shape index (κ3) is 3.30. The minimum absolute atomic E-state index is 0.0111. The van der Waals surface area contributed by atoms with E-state index in [1.165, 1.54) is 24.3 Å². The summed E-state index contributed by atoms with van der Waals surface area (Å²) in [6.07, 6.45) is -1.17. The van der Waals surface area contributed by atoms with Gasteiger partial charge >= 0.3 is 0 Å². The molecular weight excluding hydrogens is 198 g/mol. The van der Waals surface area contributed by atoms with Gasteiger partial charge in [0.05, 0.1) is 17.1 Å². The lowest BCUT2D eigenvalue weighted by Gasteiger charge is -2.12. The maximum Gasteiger partial charge on any atom is 0.269 e. The molecule has 0 amide bonds. The molecule has 0 unspecified atom stereocenters. The van der Waals surface area contributed by atoms with Crippen LogP contribution in [0.2, 0.25) is 0 Å². The molecule has 0 heterocycles. The molecule has 0 aliphatic rings. The van der Waals surface area contributed by atoms with E-state index in [2.05, 4.69) is 0 Å². The van der Waals surface area contributed by atoms with Crippen molar-refractivity contribution < 1.29 is 15.1 Å². The molecule has 2 atom stereocenters. The number of hydrogen-bond donors (Lipinski definition) is 2. The molecule has 0 aliphatic carbocycles. The number of rotatable bonds is 4. The third-order valence-corrected chi connectivity index (χ3v) is 2.05. The molecule has 0 aliphatic heterocycles. The normalized spacial score (nSPS) is 14.6. The van der Waals surface area contributed by atoms with Crippen molar-refractivity contribution in [3.05, 3.63) is 39.9 Å². The lowest BCUT2D eigenvalue weighted by molar-refractivity contribution is -0.384. The first-order valence-corrected chi connectivity index (χ1v) is 4.61. The van der Waals surface area contributed by atoms with E-state index in [1.807, 2.05) is 0 Å². The summed E-state index contributed by atoms with van der Waals surface area (Å²) in [5, 5.41) is 29.0. The molecule has 82 valence electrons. The summed E-state index contributed by atoms with van der Waals surface area (Å²) in [5.41, 5.74) is 0.560. The second kappa shape index (κ2) is 4.86. The predicted octanol–water partition coefficient (Wildman–Crippen LogP) is 1.40. The number of hydrogen-bond acceptors (Lipinski definition) is 4. The number of aliphatic hydroxyl groups excluding tert-OH is 2. The van der Waals surface area contributed by atoms with E-state index < -0.39 is 17.1 Å². The average Bonchev–Trinajstić information content (AvgIpc) is 2.17. The molecule has 0 saturated carbocycles. The van der Waals surface area contributed by atoms with Gasteiger partial charge in [-0.15, -0.1) is 0 Å². The highest BCUT2D eigenvalue weighted by molar-refractivity contribution is 5.33. The molecule has 0 saturated heterocycles. The first-order chi connectivity index (χ1) is 7.00. The van der Waals surface area contributed by atoms with Gasteiger partial charge in [-0.3, -0.25) is 10.1 Å². The summed E-state index contributed by atoms with van der Waals surface area (Å²) >= 11 is 0. The van der Waals surface area contributed by atoms with Crippen LogP contribution in [0.25, 0.3) is 0 Å². The largest absolute Gasteiger partial charge is 0.393 e. The zero-order chi connectivity index (χ0) is 11.4. The highest BCUT2D eigenvalue weighted by atomic mass is 16.6. The van der Waals surface area contributed by atoms with Crippen LogP contribution < -0.4 is 0 Å². The van der Waals surface area contributed by atoms with Crippen LogP contribution in [0.4, 0.5) is 5.69 Å². The highest BCUT2D eigenvalue weighted by Crippen LogP contribution is 2.21. The number of aliphatic hydroxyl groups is 2. The van der Waals surface area contributed by atoms with Gasteiger partial charge in [0.15, 0.2) is 0 Å². The van der Waals surface area contributed by atoms with Gasteiger partial charge in [-0.05, 0) is 24.6 Å². The van der Waals surface area contributed by atoms with Crippen molar-refractivity contribution in [3.8, 4) is 0 Å². The van der Waals surface area contributed by atoms with Crippen LogP contribution >= 0.6 is 0 Å². The number of nitro benzene ring substituents is 1. The van der Waals surface area contributed by atoms with Crippen molar-refractivity contribution >= 4 is 5.69 Å². The highest BCUT2D eigenvalue weighted by Gasteiger charge is 2.12. The molecular formula is C10H13NO4. The van der Waals surface area contributed by atoms with E-state index in [1.54, 1.807) is 6.92 Å². The van der Waals surface area contributed by atoms with E-state index in [-0.39, 0.29) is 12.1 Å². The second-order valence-electron chi connectivity index (χ2n) is 3.45. The zero-order valence-electron chi connectivity index (χ0n) is 8.33. The van der Waals surface area contributed by atoms with Gasteiger partial charge in [0, 0.05) is 18.6 Å². The van der Waals surface area contributed by atoms with Crippen LogP contribution in [-0.4, -0.2) is 21.2 Å². The van der Waals surface area contributed by atoms with Crippen molar-refractivity contribution in [2.75, 3.05) is 0 Å².